The van der Waals surface area contributed by atoms with Crippen LogP contribution in [0.2, 0.25) is 0 Å². The molecule has 3 aromatic rings. The largest absolute Gasteiger partial charge is 0.341 e. The van der Waals surface area contributed by atoms with Crippen LogP contribution in [0.1, 0.15) is 80.1 Å². The van der Waals surface area contributed by atoms with E-state index in [0.717, 1.165) is 42.4 Å². The first-order valence-electron chi connectivity index (χ1n) is 12.7. The lowest BCUT2D eigenvalue weighted by atomic mass is 9.94. The number of rotatable bonds is 5. The molecule has 1 saturated carbocycles. The first kappa shape index (κ1) is 24.6. The number of nitriles is 1. The number of nitrogens with one attached hydrogen (secondary N) is 2. The molecule has 9 heteroatoms. The highest BCUT2D eigenvalue weighted by Crippen LogP contribution is 2.38. The maximum absolute atomic E-state index is 12.9. The monoisotopic (exact) mass is 498 g/mol. The van der Waals surface area contributed by atoms with E-state index in [0.29, 0.717) is 18.1 Å². The molecular weight excluding hydrogens is 468 g/mol. The van der Waals surface area contributed by atoms with E-state index in [1.807, 2.05) is 39.0 Å². The fourth-order valence-corrected chi connectivity index (χ4v) is 4.68. The summed E-state index contributed by atoms with van der Waals surface area (Å²) in [5.41, 5.74) is 3.91. The Balaban J connectivity index is 1.33. The fourth-order valence-electron chi connectivity index (χ4n) is 4.68. The van der Waals surface area contributed by atoms with Crippen LogP contribution in [-0.4, -0.2) is 26.9 Å². The number of anilines is 1. The summed E-state index contributed by atoms with van der Waals surface area (Å²) < 4.78 is 5.24. The molecular formula is C28H30N6O3. The number of hydrogen-bond donors (Lipinski definition) is 2. The van der Waals surface area contributed by atoms with E-state index in [2.05, 4.69) is 44.0 Å². The topological polar surface area (TPSA) is 134 Å². The predicted molar refractivity (Wildman–Crippen MR) is 136 cm³/mol. The Bertz CT molecular complexity index is 1380. The quantitative estimate of drug-likeness (QED) is 0.486. The van der Waals surface area contributed by atoms with Gasteiger partial charge in [0.15, 0.2) is 5.82 Å². The lowest BCUT2D eigenvalue weighted by molar-refractivity contribution is -0.117. The van der Waals surface area contributed by atoms with Crippen molar-refractivity contribution in [1.29, 1.82) is 5.26 Å². The second-order valence-electron chi connectivity index (χ2n) is 10.9. The summed E-state index contributed by atoms with van der Waals surface area (Å²) in [6.07, 6.45) is 6.03. The van der Waals surface area contributed by atoms with E-state index in [9.17, 15) is 9.59 Å². The van der Waals surface area contributed by atoms with Crippen molar-refractivity contribution in [2.24, 2.45) is 11.8 Å². The molecule has 2 aliphatic rings. The number of carbonyl (C=O) groups excluding carboxylic acids is 2. The number of carbonyl (C=O) groups is 2. The summed E-state index contributed by atoms with van der Waals surface area (Å²) in [4.78, 5) is 33.8. The Labute approximate surface area is 215 Å². The minimum atomic E-state index is -0.367. The summed E-state index contributed by atoms with van der Waals surface area (Å²) in [6, 6.07) is 12.0. The standard InChI is InChI=1S/C28H30N6O3/c1-28(2,3)27-33-26(37-34-27)25(36)31-22-7-5-4-6-18-12-16(8-9-20(18)22)17-10-11-30-23(14-17)32-24(35)21-13-19(21)15-29/h8-12,14,19,21-22H,4-7,13H2,1-3H3,(H,31,36)(H,30,32,35)/t19-,21+,22+/m0/s1. The van der Waals surface area contributed by atoms with Crippen LogP contribution in [0, 0.1) is 23.2 Å². The Kier molecular flexibility index (Phi) is 6.50. The second-order valence-corrected chi connectivity index (χ2v) is 10.9. The van der Waals surface area contributed by atoms with Gasteiger partial charge in [-0.2, -0.15) is 10.2 Å². The Morgan fingerprint density at radius 2 is 1.95 bits per heavy atom. The number of aromatic nitrogens is 3. The molecule has 2 heterocycles. The maximum atomic E-state index is 12.9. The molecule has 0 aliphatic heterocycles. The van der Waals surface area contributed by atoms with Gasteiger partial charge in [-0.1, -0.05) is 50.5 Å². The molecule has 0 radical (unpaired) electrons. The van der Waals surface area contributed by atoms with Gasteiger partial charge >= 0.3 is 11.8 Å². The van der Waals surface area contributed by atoms with Gasteiger partial charge in [-0.3, -0.25) is 9.59 Å². The van der Waals surface area contributed by atoms with E-state index >= 15 is 0 Å². The number of hydrogen-bond acceptors (Lipinski definition) is 7. The van der Waals surface area contributed by atoms with E-state index in [1.54, 1.807) is 6.20 Å². The summed E-state index contributed by atoms with van der Waals surface area (Å²) >= 11 is 0. The third-order valence-corrected chi connectivity index (χ3v) is 6.94. The predicted octanol–water partition coefficient (Wildman–Crippen LogP) is 4.72. The molecule has 0 spiro atoms. The van der Waals surface area contributed by atoms with E-state index in [-0.39, 0.29) is 41.0 Å². The smallest absolute Gasteiger partial charge is 0.315 e. The zero-order chi connectivity index (χ0) is 26.2. The lowest BCUT2D eigenvalue weighted by Gasteiger charge is -2.19. The summed E-state index contributed by atoms with van der Waals surface area (Å²) in [5, 5.41) is 18.9. The number of aryl methyl sites for hydroxylation is 1. The second kappa shape index (κ2) is 9.77. The van der Waals surface area contributed by atoms with Crippen molar-refractivity contribution in [3.63, 3.8) is 0 Å². The Morgan fingerprint density at radius 3 is 2.68 bits per heavy atom. The van der Waals surface area contributed by atoms with Gasteiger partial charge in [0.25, 0.3) is 0 Å². The van der Waals surface area contributed by atoms with Crippen molar-refractivity contribution in [1.82, 2.24) is 20.4 Å². The highest BCUT2D eigenvalue weighted by Gasteiger charge is 2.43. The zero-order valence-corrected chi connectivity index (χ0v) is 21.2. The van der Waals surface area contributed by atoms with Crippen molar-refractivity contribution in [3.8, 4) is 17.2 Å². The molecule has 2 aromatic heterocycles. The lowest BCUT2D eigenvalue weighted by Crippen LogP contribution is -2.29. The molecule has 1 aromatic carbocycles. The van der Waals surface area contributed by atoms with Gasteiger partial charge in [0, 0.05) is 11.6 Å². The van der Waals surface area contributed by atoms with Gasteiger partial charge < -0.3 is 15.2 Å². The molecule has 0 saturated heterocycles. The Morgan fingerprint density at radius 1 is 1.14 bits per heavy atom. The number of nitrogens with zero attached hydrogens (tertiary/aromatic N) is 4. The van der Waals surface area contributed by atoms with Crippen molar-refractivity contribution in [2.45, 2.75) is 64.3 Å². The summed E-state index contributed by atoms with van der Waals surface area (Å²) in [7, 11) is 0. The van der Waals surface area contributed by atoms with E-state index in [4.69, 9.17) is 9.78 Å². The number of pyridine rings is 1. The highest BCUT2D eigenvalue weighted by atomic mass is 16.5. The maximum Gasteiger partial charge on any atom is 0.315 e. The van der Waals surface area contributed by atoms with Gasteiger partial charge in [-0.15, -0.1) is 0 Å². The molecule has 0 unspecified atom stereocenters. The van der Waals surface area contributed by atoms with Gasteiger partial charge in [-0.05, 0) is 60.1 Å². The SMILES string of the molecule is CC(C)(C)c1noc(C(=O)N[C@@H]2CCCCc3cc(-c4ccnc(NC(=O)[C@@H]5C[C@H]5C#N)c4)ccc32)n1. The molecule has 2 N–H and O–H groups in total. The molecule has 5 rings (SSSR count). The highest BCUT2D eigenvalue weighted by molar-refractivity contribution is 5.94. The van der Waals surface area contributed by atoms with Crippen LogP contribution in [0.4, 0.5) is 5.82 Å². The Hall–Kier alpha value is -4.06. The van der Waals surface area contributed by atoms with Crippen molar-refractivity contribution < 1.29 is 14.1 Å². The van der Waals surface area contributed by atoms with Gasteiger partial charge in [0.1, 0.15) is 5.82 Å². The normalized spacial score (nSPS) is 20.8. The van der Waals surface area contributed by atoms with E-state index in [1.165, 1.54) is 5.56 Å². The third-order valence-electron chi connectivity index (χ3n) is 6.94. The minimum absolute atomic E-state index is 0.0222. The average molecular weight is 499 g/mol. The minimum Gasteiger partial charge on any atom is -0.341 e. The summed E-state index contributed by atoms with van der Waals surface area (Å²) in [5.74, 6) is -0.0185. The molecule has 0 bridgehead atoms. The van der Waals surface area contributed by atoms with Crippen LogP contribution >= 0.6 is 0 Å². The van der Waals surface area contributed by atoms with Crippen LogP contribution in [0.15, 0.2) is 41.1 Å². The number of fused-ring (bicyclic) bond motifs is 1. The number of benzene rings is 1. The zero-order valence-electron chi connectivity index (χ0n) is 21.2. The molecule has 2 amide bonds. The third kappa shape index (κ3) is 5.38. The molecule has 2 aliphatic carbocycles. The molecule has 190 valence electrons. The van der Waals surface area contributed by atoms with Crippen molar-refractivity contribution >= 4 is 17.6 Å². The van der Waals surface area contributed by atoms with Crippen molar-refractivity contribution in [3.05, 3.63) is 59.4 Å². The average Bonchev–Trinajstić information content (AvgIpc) is 3.55. The van der Waals surface area contributed by atoms with Gasteiger partial charge in [0.05, 0.1) is 23.9 Å². The van der Waals surface area contributed by atoms with E-state index < -0.39 is 0 Å². The molecule has 3 atom stereocenters. The first-order valence-corrected chi connectivity index (χ1v) is 12.7. The van der Waals surface area contributed by atoms with Crippen LogP contribution in [-0.2, 0) is 16.6 Å². The molecule has 9 nitrogen and oxygen atoms in total. The van der Waals surface area contributed by atoms with Crippen LogP contribution in [0.3, 0.4) is 0 Å². The van der Waals surface area contributed by atoms with Crippen LogP contribution in [0.5, 0.6) is 0 Å². The van der Waals surface area contributed by atoms with Crippen molar-refractivity contribution in [2.75, 3.05) is 5.32 Å². The van der Waals surface area contributed by atoms with Gasteiger partial charge in [-0.25, -0.2) is 4.98 Å². The van der Waals surface area contributed by atoms with Crippen LogP contribution < -0.4 is 10.6 Å². The van der Waals surface area contributed by atoms with Gasteiger partial charge in [0.2, 0.25) is 5.91 Å². The first-order chi connectivity index (χ1) is 17.7. The van der Waals surface area contributed by atoms with Crippen LogP contribution in [0.25, 0.3) is 11.1 Å². The fraction of sp³-hybridized carbons (Fsp3) is 0.429. The molecule has 37 heavy (non-hydrogen) atoms. The number of amides is 2. The molecule has 1 fully saturated rings. The summed E-state index contributed by atoms with van der Waals surface area (Å²) in [6.45, 7) is 5.90.